The van der Waals surface area contributed by atoms with Crippen molar-refractivity contribution < 1.29 is 9.47 Å². The van der Waals surface area contributed by atoms with Gasteiger partial charge in [-0.1, -0.05) is 24.3 Å². The summed E-state index contributed by atoms with van der Waals surface area (Å²) in [6.45, 7) is 1.37. The Morgan fingerprint density at radius 2 is 1.76 bits per heavy atom. The number of ether oxygens (including phenoxy) is 2. The summed E-state index contributed by atoms with van der Waals surface area (Å²) in [7, 11) is 1.69. The molecule has 0 aromatic heterocycles. The third-order valence-electron chi connectivity index (χ3n) is 2.67. The number of methoxy groups -OCH3 is 1. The number of hydrogen-bond donors (Lipinski definition) is 1. The molecule has 2 N–H and O–H groups in total. The number of nitrogen functional groups attached to an aromatic ring is 1. The Morgan fingerprint density at radius 1 is 1.00 bits per heavy atom. The van der Waals surface area contributed by atoms with Gasteiger partial charge in [0.25, 0.3) is 0 Å². The van der Waals surface area contributed by atoms with Crippen molar-refractivity contribution in [2.75, 3.05) is 26.1 Å². The molecule has 0 saturated carbocycles. The van der Waals surface area contributed by atoms with Crippen molar-refractivity contribution >= 4 is 16.5 Å². The van der Waals surface area contributed by atoms with E-state index in [9.17, 15) is 0 Å². The first kappa shape index (κ1) is 11.7. The molecule has 0 amide bonds. The van der Waals surface area contributed by atoms with E-state index in [1.54, 1.807) is 7.11 Å². The van der Waals surface area contributed by atoms with Crippen LogP contribution in [0.15, 0.2) is 36.4 Å². The van der Waals surface area contributed by atoms with Crippen molar-refractivity contribution in [3.8, 4) is 5.75 Å². The van der Waals surface area contributed by atoms with Crippen LogP contribution >= 0.6 is 0 Å². The lowest BCUT2D eigenvalue weighted by atomic mass is 10.1. The van der Waals surface area contributed by atoms with Crippen LogP contribution in [-0.4, -0.2) is 20.3 Å². The molecule has 0 heterocycles. The van der Waals surface area contributed by atoms with E-state index >= 15 is 0 Å². The van der Waals surface area contributed by atoms with Gasteiger partial charge in [0.1, 0.15) is 5.75 Å². The predicted molar refractivity (Wildman–Crippen MR) is 70.3 cm³/mol. The zero-order valence-electron chi connectivity index (χ0n) is 9.98. The first-order chi connectivity index (χ1) is 8.33. The summed E-state index contributed by atoms with van der Waals surface area (Å²) in [5, 5.41) is 2.10. The fraction of sp³-hybridized carbons (Fsp3) is 0.286. The summed E-state index contributed by atoms with van der Waals surface area (Å²) < 4.78 is 10.7. The average Bonchev–Trinajstić information content (AvgIpc) is 2.37. The van der Waals surface area contributed by atoms with Gasteiger partial charge in [-0.05, 0) is 12.1 Å². The highest BCUT2D eigenvalue weighted by atomic mass is 16.5. The largest absolute Gasteiger partial charge is 0.493 e. The minimum Gasteiger partial charge on any atom is -0.493 e. The second kappa shape index (κ2) is 5.55. The van der Waals surface area contributed by atoms with Gasteiger partial charge in [0.05, 0.1) is 6.61 Å². The van der Waals surface area contributed by atoms with Crippen LogP contribution < -0.4 is 10.5 Å². The monoisotopic (exact) mass is 231 g/mol. The molecule has 2 aromatic rings. The van der Waals surface area contributed by atoms with Crippen LogP contribution in [0, 0.1) is 0 Å². The Balaban J connectivity index is 2.20. The second-order valence-corrected chi connectivity index (χ2v) is 3.89. The number of rotatable bonds is 5. The highest BCUT2D eigenvalue weighted by Crippen LogP contribution is 2.29. The summed E-state index contributed by atoms with van der Waals surface area (Å²) in [6, 6.07) is 11.8. The third kappa shape index (κ3) is 2.68. The van der Waals surface area contributed by atoms with Gasteiger partial charge in [-0.3, -0.25) is 0 Å². The Bertz CT molecular complexity index is 497. The second-order valence-electron chi connectivity index (χ2n) is 3.89. The van der Waals surface area contributed by atoms with Crippen molar-refractivity contribution in [1.82, 2.24) is 0 Å². The van der Waals surface area contributed by atoms with Gasteiger partial charge in [-0.25, -0.2) is 0 Å². The average molecular weight is 231 g/mol. The minimum atomic E-state index is 0.655. The zero-order valence-corrected chi connectivity index (χ0v) is 9.98. The smallest absolute Gasteiger partial charge is 0.127 e. The maximum Gasteiger partial charge on any atom is 0.127 e. The molecule has 0 atom stereocenters. The SMILES string of the molecule is COCCCOc1ccc(N)c2ccccc12. The van der Waals surface area contributed by atoms with Crippen molar-refractivity contribution in [2.45, 2.75) is 6.42 Å². The molecule has 0 unspecified atom stereocenters. The van der Waals surface area contributed by atoms with E-state index in [2.05, 4.69) is 0 Å². The van der Waals surface area contributed by atoms with Crippen LogP contribution in [0.3, 0.4) is 0 Å². The van der Waals surface area contributed by atoms with E-state index in [0.29, 0.717) is 13.2 Å². The predicted octanol–water partition coefficient (Wildman–Crippen LogP) is 2.84. The fourth-order valence-corrected chi connectivity index (χ4v) is 1.81. The summed E-state index contributed by atoms with van der Waals surface area (Å²) in [5.74, 6) is 0.880. The fourth-order valence-electron chi connectivity index (χ4n) is 1.81. The number of anilines is 1. The molecular formula is C14H17NO2. The molecule has 0 bridgehead atoms. The maximum atomic E-state index is 5.93. The van der Waals surface area contributed by atoms with Gasteiger partial charge in [-0.2, -0.15) is 0 Å². The molecule has 17 heavy (non-hydrogen) atoms. The normalized spacial score (nSPS) is 10.6. The molecule has 2 rings (SSSR count). The van der Waals surface area contributed by atoms with E-state index in [1.165, 1.54) is 0 Å². The Hall–Kier alpha value is -1.74. The maximum absolute atomic E-state index is 5.93. The van der Waals surface area contributed by atoms with E-state index in [1.807, 2.05) is 36.4 Å². The molecule has 90 valence electrons. The first-order valence-electron chi connectivity index (χ1n) is 5.72. The van der Waals surface area contributed by atoms with E-state index in [4.69, 9.17) is 15.2 Å². The van der Waals surface area contributed by atoms with Gasteiger partial charge in [0.15, 0.2) is 0 Å². The molecular weight excluding hydrogens is 214 g/mol. The molecule has 0 fully saturated rings. The van der Waals surface area contributed by atoms with E-state index in [0.717, 1.165) is 28.6 Å². The summed E-state index contributed by atoms with van der Waals surface area (Å²) in [5.41, 5.74) is 6.71. The molecule has 3 heteroatoms. The van der Waals surface area contributed by atoms with Crippen LogP contribution in [-0.2, 0) is 4.74 Å². The lowest BCUT2D eigenvalue weighted by Gasteiger charge is -2.10. The minimum absolute atomic E-state index is 0.655. The van der Waals surface area contributed by atoms with Gasteiger partial charge in [0, 0.05) is 36.6 Å². The van der Waals surface area contributed by atoms with Gasteiger partial charge < -0.3 is 15.2 Å². The Morgan fingerprint density at radius 3 is 2.53 bits per heavy atom. The summed E-state index contributed by atoms with van der Waals surface area (Å²) in [6.07, 6.45) is 0.884. The van der Waals surface area contributed by atoms with Crippen molar-refractivity contribution in [2.24, 2.45) is 0 Å². The van der Waals surface area contributed by atoms with Crippen LogP contribution in [0.1, 0.15) is 6.42 Å². The Kier molecular flexibility index (Phi) is 3.83. The van der Waals surface area contributed by atoms with Gasteiger partial charge in [0.2, 0.25) is 0 Å². The molecule has 3 nitrogen and oxygen atoms in total. The number of hydrogen-bond acceptors (Lipinski definition) is 3. The first-order valence-corrected chi connectivity index (χ1v) is 5.72. The van der Waals surface area contributed by atoms with E-state index in [-0.39, 0.29) is 0 Å². The number of nitrogens with two attached hydrogens (primary N) is 1. The van der Waals surface area contributed by atoms with E-state index < -0.39 is 0 Å². The standard InChI is InChI=1S/C14H17NO2/c1-16-9-4-10-17-14-8-7-13(15)11-5-2-3-6-12(11)14/h2-3,5-8H,4,9-10,15H2,1H3. The highest BCUT2D eigenvalue weighted by Gasteiger charge is 2.04. The van der Waals surface area contributed by atoms with Gasteiger partial charge >= 0.3 is 0 Å². The number of fused-ring (bicyclic) bond motifs is 1. The molecule has 0 radical (unpaired) electrons. The summed E-state index contributed by atoms with van der Waals surface area (Å²) in [4.78, 5) is 0. The van der Waals surface area contributed by atoms with Crippen LogP contribution in [0.25, 0.3) is 10.8 Å². The molecule has 2 aromatic carbocycles. The summed E-state index contributed by atoms with van der Waals surface area (Å²) >= 11 is 0. The molecule has 0 aliphatic rings. The molecule has 0 spiro atoms. The highest BCUT2D eigenvalue weighted by molar-refractivity contribution is 5.96. The molecule has 0 aliphatic carbocycles. The lowest BCUT2D eigenvalue weighted by Crippen LogP contribution is -2.02. The van der Waals surface area contributed by atoms with Crippen molar-refractivity contribution in [1.29, 1.82) is 0 Å². The third-order valence-corrected chi connectivity index (χ3v) is 2.67. The van der Waals surface area contributed by atoms with Gasteiger partial charge in [-0.15, -0.1) is 0 Å². The quantitative estimate of drug-likeness (QED) is 0.635. The zero-order chi connectivity index (χ0) is 12.1. The molecule has 0 saturated heterocycles. The molecule has 0 aliphatic heterocycles. The van der Waals surface area contributed by atoms with Crippen molar-refractivity contribution in [3.05, 3.63) is 36.4 Å². The van der Waals surface area contributed by atoms with Crippen LogP contribution in [0.4, 0.5) is 5.69 Å². The topological polar surface area (TPSA) is 44.5 Å². The number of benzene rings is 2. The Labute approximate surface area is 101 Å². The lowest BCUT2D eigenvalue weighted by molar-refractivity contribution is 0.172. The van der Waals surface area contributed by atoms with Crippen molar-refractivity contribution in [3.63, 3.8) is 0 Å². The van der Waals surface area contributed by atoms with Crippen LogP contribution in [0.5, 0.6) is 5.75 Å². The van der Waals surface area contributed by atoms with Crippen LogP contribution in [0.2, 0.25) is 0 Å².